The molecule has 2 rings (SSSR count). The van der Waals surface area contributed by atoms with Crippen LogP contribution in [0.15, 0.2) is 4.99 Å². The van der Waals surface area contributed by atoms with Crippen molar-refractivity contribution in [3.05, 3.63) is 0 Å². The second kappa shape index (κ2) is 2.72. The maximum absolute atomic E-state index is 11.4. The van der Waals surface area contributed by atoms with Crippen LogP contribution in [0.4, 0.5) is 4.79 Å². The summed E-state index contributed by atoms with van der Waals surface area (Å²) in [6.07, 6.45) is 2.36. The quantitative estimate of drug-likeness (QED) is 0.690. The summed E-state index contributed by atoms with van der Waals surface area (Å²) in [5.41, 5.74) is 5.73. The summed E-state index contributed by atoms with van der Waals surface area (Å²) in [7, 11) is 0. The van der Waals surface area contributed by atoms with Crippen LogP contribution < -0.4 is 5.73 Å². The fourth-order valence-electron chi connectivity index (χ4n) is 1.92. The minimum absolute atomic E-state index is 0.0903. The van der Waals surface area contributed by atoms with Crippen LogP contribution in [0.5, 0.6) is 0 Å². The largest absolute Gasteiger partial charge is 0.385 e. The first-order valence-corrected chi connectivity index (χ1v) is 4.77. The number of carbonyl (C=O) groups excluding carboxylic acids is 1. The van der Waals surface area contributed by atoms with E-state index in [-0.39, 0.29) is 18.1 Å². The summed E-state index contributed by atoms with van der Waals surface area (Å²) in [5.74, 6) is 1.08. The van der Waals surface area contributed by atoms with Crippen molar-refractivity contribution < 1.29 is 4.79 Å². The topological polar surface area (TPSA) is 58.7 Å². The predicted molar refractivity (Wildman–Crippen MR) is 50.5 cm³/mol. The van der Waals surface area contributed by atoms with Crippen LogP contribution >= 0.6 is 0 Å². The number of aliphatic imine (C=N–C) groups is 1. The lowest BCUT2D eigenvalue weighted by Gasteiger charge is -2.27. The Bertz CT molecular complexity index is 268. The van der Waals surface area contributed by atoms with Crippen molar-refractivity contribution in [3.63, 3.8) is 0 Å². The SMILES string of the molecule is CC(C)N1C(=O)N=C(N)C1C1CC1. The average Bonchev–Trinajstić information content (AvgIpc) is 2.77. The minimum Gasteiger partial charge on any atom is -0.385 e. The molecular weight excluding hydrogens is 166 g/mol. The molecule has 0 bridgehead atoms. The Balaban J connectivity index is 2.21. The van der Waals surface area contributed by atoms with E-state index in [0.29, 0.717) is 11.8 Å². The molecule has 72 valence electrons. The summed E-state index contributed by atoms with van der Waals surface area (Å²) in [6.45, 7) is 4.00. The molecule has 1 heterocycles. The Morgan fingerprint density at radius 1 is 1.54 bits per heavy atom. The summed E-state index contributed by atoms with van der Waals surface area (Å²) >= 11 is 0. The van der Waals surface area contributed by atoms with E-state index in [4.69, 9.17) is 5.73 Å². The van der Waals surface area contributed by atoms with Gasteiger partial charge in [-0.15, -0.1) is 0 Å². The van der Waals surface area contributed by atoms with Crippen molar-refractivity contribution in [1.29, 1.82) is 0 Å². The van der Waals surface area contributed by atoms with Gasteiger partial charge in [0.15, 0.2) is 0 Å². The third-order valence-electron chi connectivity index (χ3n) is 2.67. The van der Waals surface area contributed by atoms with Crippen molar-refractivity contribution in [1.82, 2.24) is 4.90 Å². The van der Waals surface area contributed by atoms with E-state index >= 15 is 0 Å². The molecule has 0 aromatic carbocycles. The van der Waals surface area contributed by atoms with Crippen molar-refractivity contribution in [2.45, 2.75) is 38.8 Å². The van der Waals surface area contributed by atoms with E-state index in [0.717, 1.165) is 0 Å². The zero-order valence-electron chi connectivity index (χ0n) is 8.03. The molecular formula is C9H15N3O. The molecule has 1 saturated carbocycles. The third kappa shape index (κ3) is 1.30. The van der Waals surface area contributed by atoms with Crippen molar-refractivity contribution in [3.8, 4) is 0 Å². The molecule has 13 heavy (non-hydrogen) atoms. The van der Waals surface area contributed by atoms with Gasteiger partial charge < -0.3 is 10.6 Å². The highest BCUT2D eigenvalue weighted by Gasteiger charge is 2.44. The van der Waals surface area contributed by atoms with Crippen molar-refractivity contribution >= 4 is 11.9 Å². The van der Waals surface area contributed by atoms with Crippen LogP contribution in [0.25, 0.3) is 0 Å². The van der Waals surface area contributed by atoms with Crippen LogP contribution in [0, 0.1) is 5.92 Å². The smallest absolute Gasteiger partial charge is 0.346 e. The monoisotopic (exact) mass is 181 g/mol. The van der Waals surface area contributed by atoms with Crippen LogP contribution in [-0.2, 0) is 0 Å². The Kier molecular flexibility index (Phi) is 1.78. The number of amidine groups is 1. The number of nitrogens with zero attached hydrogens (tertiary/aromatic N) is 2. The van der Waals surface area contributed by atoms with Gasteiger partial charge in [-0.05, 0) is 32.6 Å². The Labute approximate surface area is 77.8 Å². The molecule has 0 saturated heterocycles. The predicted octanol–water partition coefficient (Wildman–Crippen LogP) is 0.966. The van der Waals surface area contributed by atoms with E-state index in [2.05, 4.69) is 4.99 Å². The number of carbonyl (C=O) groups is 1. The highest BCUT2D eigenvalue weighted by Crippen LogP contribution is 2.38. The van der Waals surface area contributed by atoms with Crippen molar-refractivity contribution in [2.24, 2.45) is 16.6 Å². The normalized spacial score (nSPS) is 28.5. The summed E-state index contributed by atoms with van der Waals surface area (Å²) < 4.78 is 0. The zero-order chi connectivity index (χ0) is 9.59. The maximum atomic E-state index is 11.4. The molecule has 1 unspecified atom stereocenters. The van der Waals surface area contributed by atoms with Crippen molar-refractivity contribution in [2.75, 3.05) is 0 Å². The zero-order valence-corrected chi connectivity index (χ0v) is 8.03. The summed E-state index contributed by atoms with van der Waals surface area (Å²) in [5, 5.41) is 0. The molecule has 0 radical (unpaired) electrons. The third-order valence-corrected chi connectivity index (χ3v) is 2.67. The number of rotatable bonds is 2. The Morgan fingerprint density at radius 2 is 2.15 bits per heavy atom. The molecule has 1 aliphatic heterocycles. The van der Waals surface area contributed by atoms with Gasteiger partial charge in [0, 0.05) is 6.04 Å². The molecule has 0 aromatic rings. The molecule has 4 heteroatoms. The maximum Gasteiger partial charge on any atom is 0.346 e. The van der Waals surface area contributed by atoms with E-state index in [1.165, 1.54) is 12.8 Å². The lowest BCUT2D eigenvalue weighted by molar-refractivity contribution is 0.184. The van der Waals surface area contributed by atoms with Gasteiger partial charge in [-0.1, -0.05) is 0 Å². The summed E-state index contributed by atoms with van der Waals surface area (Å²) in [4.78, 5) is 17.0. The van der Waals surface area contributed by atoms with Gasteiger partial charge in [0.1, 0.15) is 5.84 Å². The van der Waals surface area contributed by atoms with Gasteiger partial charge in [0.2, 0.25) is 0 Å². The van der Waals surface area contributed by atoms with E-state index in [9.17, 15) is 4.79 Å². The van der Waals surface area contributed by atoms with Gasteiger partial charge in [0.25, 0.3) is 0 Å². The molecule has 1 aliphatic carbocycles. The molecule has 0 aromatic heterocycles. The average molecular weight is 181 g/mol. The van der Waals surface area contributed by atoms with Gasteiger partial charge in [-0.3, -0.25) is 0 Å². The Morgan fingerprint density at radius 3 is 2.62 bits per heavy atom. The van der Waals surface area contributed by atoms with Crippen LogP contribution in [0.3, 0.4) is 0 Å². The highest BCUT2D eigenvalue weighted by molar-refractivity contribution is 6.03. The fourth-order valence-corrected chi connectivity index (χ4v) is 1.92. The second-order valence-electron chi connectivity index (χ2n) is 4.10. The first-order chi connectivity index (χ1) is 6.11. The number of urea groups is 1. The molecule has 2 N–H and O–H groups in total. The first kappa shape index (κ1) is 8.53. The molecule has 2 aliphatic rings. The first-order valence-electron chi connectivity index (χ1n) is 4.77. The number of nitrogens with two attached hydrogens (primary N) is 1. The molecule has 4 nitrogen and oxygen atoms in total. The molecule has 1 atom stereocenters. The Hall–Kier alpha value is -1.06. The molecule has 0 spiro atoms. The second-order valence-corrected chi connectivity index (χ2v) is 4.10. The van der Waals surface area contributed by atoms with E-state index in [1.54, 1.807) is 4.90 Å². The fraction of sp³-hybridized carbons (Fsp3) is 0.778. The van der Waals surface area contributed by atoms with Gasteiger partial charge in [-0.25, -0.2) is 4.79 Å². The van der Waals surface area contributed by atoms with E-state index in [1.807, 2.05) is 13.8 Å². The molecule has 1 fully saturated rings. The van der Waals surface area contributed by atoms with Gasteiger partial charge in [-0.2, -0.15) is 4.99 Å². The van der Waals surface area contributed by atoms with Gasteiger partial charge in [0.05, 0.1) is 6.04 Å². The van der Waals surface area contributed by atoms with Gasteiger partial charge >= 0.3 is 6.03 Å². The highest BCUT2D eigenvalue weighted by atomic mass is 16.2. The number of hydrogen-bond donors (Lipinski definition) is 1. The van der Waals surface area contributed by atoms with Crippen LogP contribution in [0.1, 0.15) is 26.7 Å². The molecule has 2 amide bonds. The number of hydrogen-bond acceptors (Lipinski definition) is 2. The van der Waals surface area contributed by atoms with Crippen LogP contribution in [-0.4, -0.2) is 28.9 Å². The summed E-state index contributed by atoms with van der Waals surface area (Å²) in [6, 6.07) is 0.125. The number of amides is 2. The van der Waals surface area contributed by atoms with Crippen LogP contribution in [0.2, 0.25) is 0 Å². The van der Waals surface area contributed by atoms with E-state index < -0.39 is 0 Å². The minimum atomic E-state index is -0.163. The lowest BCUT2D eigenvalue weighted by Crippen LogP contribution is -2.45. The lowest BCUT2D eigenvalue weighted by atomic mass is 10.1. The standard InChI is InChI=1S/C9H15N3O/c1-5(2)12-7(6-3-4-6)8(10)11-9(12)13/h5-7H,3-4H2,1-2H3,(H2,10,11,13).